The Morgan fingerprint density at radius 3 is 2.60 bits per heavy atom. The number of carbonyl (C=O) groups is 1. The number of nitrogens with one attached hydrogen (secondary N) is 1. The van der Waals surface area contributed by atoms with Gasteiger partial charge in [-0.1, -0.05) is 35.8 Å². The highest BCUT2D eigenvalue weighted by Gasteiger charge is 2.19. The molecule has 2 aromatic carbocycles. The molecular weight excluding hydrogens is 336 g/mol. The van der Waals surface area contributed by atoms with Crippen molar-refractivity contribution in [1.82, 2.24) is 9.27 Å². The van der Waals surface area contributed by atoms with E-state index in [-0.39, 0.29) is 11.5 Å². The van der Waals surface area contributed by atoms with Crippen molar-refractivity contribution in [2.45, 2.75) is 26.4 Å². The molecule has 3 aromatic rings. The van der Waals surface area contributed by atoms with Crippen LogP contribution in [0.4, 0.5) is 0 Å². The molecule has 0 radical (unpaired) electrons. The summed E-state index contributed by atoms with van der Waals surface area (Å²) in [6, 6.07) is 14.4. The van der Waals surface area contributed by atoms with Crippen LogP contribution < -0.4 is 15.6 Å². The van der Waals surface area contributed by atoms with Gasteiger partial charge >= 0.3 is 0 Å². The van der Waals surface area contributed by atoms with E-state index >= 15 is 0 Å². The van der Waals surface area contributed by atoms with Crippen molar-refractivity contribution in [2.75, 3.05) is 6.61 Å². The Kier molecular flexibility index (Phi) is 5.19. The molecule has 0 bridgehead atoms. The number of amides is 1. The molecule has 6 heteroatoms. The van der Waals surface area contributed by atoms with Crippen molar-refractivity contribution in [3.63, 3.8) is 0 Å². The molecule has 1 amide bonds. The monoisotopic (exact) mass is 356 g/mol. The first-order valence-corrected chi connectivity index (χ1v) is 8.97. The van der Waals surface area contributed by atoms with Gasteiger partial charge in [-0.05, 0) is 43.7 Å². The van der Waals surface area contributed by atoms with Gasteiger partial charge in [0.05, 0.1) is 16.7 Å². The van der Waals surface area contributed by atoms with Crippen LogP contribution in [0.25, 0.3) is 10.1 Å². The van der Waals surface area contributed by atoms with Crippen LogP contribution in [-0.4, -0.2) is 16.5 Å². The summed E-state index contributed by atoms with van der Waals surface area (Å²) in [6.45, 7) is 4.71. The van der Waals surface area contributed by atoms with Crippen molar-refractivity contribution in [2.24, 2.45) is 0 Å². The standard InChI is InChI=1S/C19H20N2O3S/c1-3-24-15-10-8-14(9-11-15)12-20-18(22)13(2)21-19(23)16-6-4-5-7-17(16)25-21/h4-11,13H,3,12H2,1-2H3,(H,20,22)/t13-/m1/s1. The van der Waals surface area contributed by atoms with Crippen molar-refractivity contribution >= 4 is 27.5 Å². The van der Waals surface area contributed by atoms with E-state index in [9.17, 15) is 9.59 Å². The average molecular weight is 356 g/mol. The normalized spacial score (nSPS) is 12.1. The second-order valence-corrected chi connectivity index (χ2v) is 6.70. The quantitative estimate of drug-likeness (QED) is 0.737. The zero-order chi connectivity index (χ0) is 17.8. The van der Waals surface area contributed by atoms with Gasteiger partial charge in [-0.2, -0.15) is 0 Å². The molecule has 0 saturated carbocycles. The van der Waals surface area contributed by atoms with Gasteiger partial charge in [0.15, 0.2) is 0 Å². The third kappa shape index (κ3) is 3.74. The summed E-state index contributed by atoms with van der Waals surface area (Å²) >= 11 is 1.32. The van der Waals surface area contributed by atoms with Crippen LogP contribution in [-0.2, 0) is 11.3 Å². The lowest BCUT2D eigenvalue weighted by Crippen LogP contribution is -2.33. The van der Waals surface area contributed by atoms with Crippen LogP contribution in [0.15, 0.2) is 53.3 Å². The van der Waals surface area contributed by atoms with Gasteiger partial charge in [-0.3, -0.25) is 13.5 Å². The highest BCUT2D eigenvalue weighted by atomic mass is 32.1. The first-order chi connectivity index (χ1) is 12.1. The highest BCUT2D eigenvalue weighted by Crippen LogP contribution is 2.19. The number of carbonyl (C=O) groups excluding carboxylic acids is 1. The number of rotatable bonds is 6. The molecule has 1 atom stereocenters. The Morgan fingerprint density at radius 1 is 1.20 bits per heavy atom. The Bertz CT molecular complexity index is 928. The van der Waals surface area contributed by atoms with Crippen LogP contribution in [0.2, 0.25) is 0 Å². The largest absolute Gasteiger partial charge is 0.494 e. The fourth-order valence-corrected chi connectivity index (χ4v) is 3.60. The fourth-order valence-electron chi connectivity index (χ4n) is 2.56. The van der Waals surface area contributed by atoms with Crippen LogP contribution in [0.5, 0.6) is 5.75 Å². The van der Waals surface area contributed by atoms with Crippen molar-refractivity contribution in [3.8, 4) is 5.75 Å². The smallest absolute Gasteiger partial charge is 0.269 e. The fraction of sp³-hybridized carbons (Fsp3) is 0.263. The second-order valence-electron chi connectivity index (χ2n) is 5.69. The Hall–Kier alpha value is -2.60. The lowest BCUT2D eigenvalue weighted by molar-refractivity contribution is -0.123. The Balaban J connectivity index is 1.67. The van der Waals surface area contributed by atoms with Crippen LogP contribution in [0, 0.1) is 0 Å². The maximum absolute atomic E-state index is 12.4. The van der Waals surface area contributed by atoms with Crippen LogP contribution in [0.1, 0.15) is 25.5 Å². The first-order valence-electron chi connectivity index (χ1n) is 8.20. The van der Waals surface area contributed by atoms with Crippen LogP contribution >= 0.6 is 11.5 Å². The summed E-state index contributed by atoms with van der Waals surface area (Å²) in [5.41, 5.74) is 0.858. The van der Waals surface area contributed by atoms with E-state index in [0.29, 0.717) is 18.5 Å². The van der Waals surface area contributed by atoms with Gasteiger partial charge in [-0.25, -0.2) is 0 Å². The number of hydrogen-bond donors (Lipinski definition) is 1. The molecule has 25 heavy (non-hydrogen) atoms. The zero-order valence-corrected chi connectivity index (χ0v) is 15.0. The molecule has 0 fully saturated rings. The van der Waals surface area contributed by atoms with Crippen LogP contribution in [0.3, 0.4) is 0 Å². The van der Waals surface area contributed by atoms with E-state index in [2.05, 4.69) is 5.32 Å². The molecule has 1 N–H and O–H groups in total. The molecule has 3 rings (SSSR count). The Morgan fingerprint density at radius 2 is 1.92 bits per heavy atom. The summed E-state index contributed by atoms with van der Waals surface area (Å²) in [7, 11) is 0. The molecule has 0 aliphatic carbocycles. The SMILES string of the molecule is CCOc1ccc(CNC(=O)[C@@H](C)n2sc3ccccc3c2=O)cc1. The van der Waals surface area contributed by atoms with Gasteiger partial charge in [-0.15, -0.1) is 0 Å². The lowest BCUT2D eigenvalue weighted by Gasteiger charge is -2.12. The van der Waals surface area contributed by atoms with E-state index in [0.717, 1.165) is 16.0 Å². The number of ether oxygens (including phenoxy) is 1. The third-order valence-electron chi connectivity index (χ3n) is 3.95. The lowest BCUT2D eigenvalue weighted by atomic mass is 10.2. The molecule has 0 unspecified atom stereocenters. The molecule has 0 saturated heterocycles. The summed E-state index contributed by atoms with van der Waals surface area (Å²) < 4.78 is 7.81. The topological polar surface area (TPSA) is 60.3 Å². The predicted octanol–water partition coefficient (Wildman–Crippen LogP) is 3.34. The van der Waals surface area contributed by atoms with E-state index in [4.69, 9.17) is 4.74 Å². The molecule has 0 spiro atoms. The van der Waals surface area contributed by atoms with Crippen molar-refractivity contribution in [1.29, 1.82) is 0 Å². The molecular formula is C19H20N2O3S. The van der Waals surface area contributed by atoms with Gasteiger partial charge in [0.2, 0.25) is 5.91 Å². The number of nitrogens with zero attached hydrogens (tertiary/aromatic N) is 1. The van der Waals surface area contributed by atoms with Crippen molar-refractivity contribution < 1.29 is 9.53 Å². The first kappa shape index (κ1) is 17.2. The highest BCUT2D eigenvalue weighted by molar-refractivity contribution is 7.14. The second kappa shape index (κ2) is 7.53. The molecule has 130 valence electrons. The average Bonchev–Trinajstić information content (AvgIpc) is 2.97. The summed E-state index contributed by atoms with van der Waals surface area (Å²) in [6.07, 6.45) is 0. The summed E-state index contributed by atoms with van der Waals surface area (Å²) in [5.74, 6) is 0.630. The van der Waals surface area contributed by atoms with Gasteiger partial charge < -0.3 is 10.1 Å². The maximum Gasteiger partial charge on any atom is 0.269 e. The Labute approximate surface area is 150 Å². The molecule has 0 aliphatic heterocycles. The summed E-state index contributed by atoms with van der Waals surface area (Å²) in [4.78, 5) is 24.9. The number of aromatic nitrogens is 1. The predicted molar refractivity (Wildman–Crippen MR) is 100 cm³/mol. The third-order valence-corrected chi connectivity index (χ3v) is 5.18. The molecule has 0 aliphatic rings. The van der Waals surface area contributed by atoms with E-state index in [1.54, 1.807) is 13.0 Å². The van der Waals surface area contributed by atoms with E-state index in [1.165, 1.54) is 15.5 Å². The van der Waals surface area contributed by atoms with Gasteiger partial charge in [0, 0.05) is 6.54 Å². The zero-order valence-electron chi connectivity index (χ0n) is 14.2. The number of fused-ring (bicyclic) bond motifs is 1. The number of hydrogen-bond acceptors (Lipinski definition) is 4. The minimum Gasteiger partial charge on any atom is -0.494 e. The van der Waals surface area contributed by atoms with E-state index < -0.39 is 6.04 Å². The minimum atomic E-state index is -0.549. The summed E-state index contributed by atoms with van der Waals surface area (Å²) in [5, 5.41) is 3.54. The van der Waals surface area contributed by atoms with Gasteiger partial charge in [0.1, 0.15) is 11.8 Å². The number of benzene rings is 2. The minimum absolute atomic E-state index is 0.121. The molecule has 5 nitrogen and oxygen atoms in total. The van der Waals surface area contributed by atoms with Gasteiger partial charge in [0.25, 0.3) is 5.56 Å². The maximum atomic E-state index is 12.4. The van der Waals surface area contributed by atoms with Crippen molar-refractivity contribution in [3.05, 3.63) is 64.4 Å². The molecule has 1 aromatic heterocycles. The molecule has 1 heterocycles. The van der Waals surface area contributed by atoms with E-state index in [1.807, 2.05) is 49.4 Å².